The molecule has 1 aliphatic rings. The standard InChI is InChI=1S/C12H18N4S/c1-9(2)5-11-7-15-12(17-11)14-6-10-3-4-13-8-16-10/h3-4,8-9,11H,5-7H2,1-2H3,(H,14,15). The molecule has 0 saturated heterocycles. The van der Waals surface area contributed by atoms with Crippen LogP contribution in [0.2, 0.25) is 0 Å². The number of hydrogen-bond acceptors (Lipinski definition) is 5. The fraction of sp³-hybridized carbons (Fsp3) is 0.583. The number of amidine groups is 1. The molecule has 4 nitrogen and oxygen atoms in total. The number of hydrogen-bond donors (Lipinski definition) is 1. The normalized spacial score (nSPS) is 19.5. The third-order valence-corrected chi connectivity index (χ3v) is 3.69. The molecule has 2 heterocycles. The van der Waals surface area contributed by atoms with Crippen molar-refractivity contribution in [1.29, 1.82) is 0 Å². The Balaban J connectivity index is 1.75. The summed E-state index contributed by atoms with van der Waals surface area (Å²) >= 11 is 1.85. The zero-order chi connectivity index (χ0) is 12.1. The Hall–Kier alpha value is -1.10. The molecule has 0 aliphatic carbocycles. The molecule has 92 valence electrons. The van der Waals surface area contributed by atoms with Crippen LogP contribution in [0.15, 0.2) is 23.6 Å². The summed E-state index contributed by atoms with van der Waals surface area (Å²) in [4.78, 5) is 12.6. The van der Waals surface area contributed by atoms with Gasteiger partial charge in [0.2, 0.25) is 0 Å². The molecule has 0 aromatic carbocycles. The van der Waals surface area contributed by atoms with Gasteiger partial charge in [-0.1, -0.05) is 25.6 Å². The van der Waals surface area contributed by atoms with Crippen molar-refractivity contribution >= 4 is 16.9 Å². The van der Waals surface area contributed by atoms with Gasteiger partial charge in [0, 0.05) is 11.4 Å². The first kappa shape index (κ1) is 12.4. The highest BCUT2D eigenvalue weighted by atomic mass is 32.2. The molecule has 1 aromatic rings. The Morgan fingerprint density at radius 3 is 3.12 bits per heavy atom. The number of thioether (sulfide) groups is 1. The van der Waals surface area contributed by atoms with Gasteiger partial charge in [-0.2, -0.15) is 0 Å². The predicted molar refractivity (Wildman–Crippen MR) is 72.0 cm³/mol. The third kappa shape index (κ3) is 4.00. The van der Waals surface area contributed by atoms with Crippen LogP contribution in [0.4, 0.5) is 0 Å². The number of aromatic nitrogens is 2. The largest absolute Gasteiger partial charge is 0.359 e. The molecule has 17 heavy (non-hydrogen) atoms. The third-order valence-electron chi connectivity index (χ3n) is 2.52. The molecule has 1 N–H and O–H groups in total. The van der Waals surface area contributed by atoms with E-state index in [1.807, 2.05) is 17.8 Å². The van der Waals surface area contributed by atoms with Crippen LogP contribution >= 0.6 is 11.8 Å². The van der Waals surface area contributed by atoms with Crippen LogP contribution in [0.5, 0.6) is 0 Å². The van der Waals surface area contributed by atoms with Crippen molar-refractivity contribution in [2.24, 2.45) is 10.9 Å². The Morgan fingerprint density at radius 1 is 1.53 bits per heavy atom. The number of rotatable bonds is 4. The van der Waals surface area contributed by atoms with E-state index in [1.165, 1.54) is 6.42 Å². The average molecular weight is 250 g/mol. The second kappa shape index (κ2) is 6.00. The second-order valence-electron chi connectivity index (χ2n) is 4.57. The SMILES string of the molecule is CC(C)CC1CN=C(NCc2ccncn2)S1. The molecule has 5 heteroatoms. The maximum absolute atomic E-state index is 4.51. The summed E-state index contributed by atoms with van der Waals surface area (Å²) < 4.78 is 0. The smallest absolute Gasteiger partial charge is 0.157 e. The maximum Gasteiger partial charge on any atom is 0.157 e. The zero-order valence-corrected chi connectivity index (χ0v) is 11.1. The molecule has 0 spiro atoms. The van der Waals surface area contributed by atoms with E-state index in [4.69, 9.17) is 0 Å². The van der Waals surface area contributed by atoms with E-state index in [0.29, 0.717) is 5.25 Å². The van der Waals surface area contributed by atoms with E-state index in [0.717, 1.165) is 29.9 Å². The molecule has 0 saturated carbocycles. The van der Waals surface area contributed by atoms with Crippen molar-refractivity contribution in [3.05, 3.63) is 24.3 Å². The maximum atomic E-state index is 4.51. The molecule has 1 aromatic heterocycles. The van der Waals surface area contributed by atoms with E-state index in [2.05, 4.69) is 34.1 Å². The molecule has 1 aliphatic heterocycles. The lowest BCUT2D eigenvalue weighted by molar-refractivity contribution is 0.575. The Kier molecular flexibility index (Phi) is 4.36. The van der Waals surface area contributed by atoms with Gasteiger partial charge in [-0.25, -0.2) is 9.97 Å². The van der Waals surface area contributed by atoms with Crippen molar-refractivity contribution in [3.8, 4) is 0 Å². The Bertz CT molecular complexity index is 377. The highest BCUT2D eigenvalue weighted by molar-refractivity contribution is 8.14. The molecule has 2 rings (SSSR count). The van der Waals surface area contributed by atoms with Crippen LogP contribution in [0.25, 0.3) is 0 Å². The predicted octanol–water partition coefficient (Wildman–Crippen LogP) is 2.08. The minimum Gasteiger partial charge on any atom is -0.359 e. The molecule has 0 radical (unpaired) electrons. The van der Waals surface area contributed by atoms with Crippen molar-refractivity contribution in [3.63, 3.8) is 0 Å². The van der Waals surface area contributed by atoms with E-state index >= 15 is 0 Å². The summed E-state index contributed by atoms with van der Waals surface area (Å²) in [6, 6.07) is 1.92. The summed E-state index contributed by atoms with van der Waals surface area (Å²) in [6.45, 7) is 6.18. The first-order chi connectivity index (χ1) is 8.24. The van der Waals surface area contributed by atoms with E-state index < -0.39 is 0 Å². The highest BCUT2D eigenvalue weighted by Gasteiger charge is 2.20. The topological polar surface area (TPSA) is 50.2 Å². The first-order valence-corrected chi connectivity index (χ1v) is 6.82. The van der Waals surface area contributed by atoms with Crippen molar-refractivity contribution in [1.82, 2.24) is 15.3 Å². The van der Waals surface area contributed by atoms with Gasteiger partial charge in [-0.15, -0.1) is 0 Å². The van der Waals surface area contributed by atoms with E-state index in [1.54, 1.807) is 12.5 Å². The van der Waals surface area contributed by atoms with Crippen LogP contribution in [0, 0.1) is 5.92 Å². The Morgan fingerprint density at radius 2 is 2.41 bits per heavy atom. The lowest BCUT2D eigenvalue weighted by Crippen LogP contribution is -2.19. The highest BCUT2D eigenvalue weighted by Crippen LogP contribution is 2.25. The molecule has 0 amide bonds. The van der Waals surface area contributed by atoms with E-state index in [-0.39, 0.29) is 0 Å². The molecule has 0 bridgehead atoms. The van der Waals surface area contributed by atoms with Gasteiger partial charge in [0.1, 0.15) is 6.33 Å². The summed E-state index contributed by atoms with van der Waals surface area (Å²) in [5.41, 5.74) is 0.996. The molecular formula is C12H18N4S. The molecule has 0 fully saturated rings. The number of aliphatic imine (C=N–C) groups is 1. The number of nitrogens with zero attached hydrogens (tertiary/aromatic N) is 3. The van der Waals surface area contributed by atoms with Crippen LogP contribution in [-0.4, -0.2) is 26.9 Å². The van der Waals surface area contributed by atoms with Gasteiger partial charge in [0.25, 0.3) is 0 Å². The minimum absolute atomic E-state index is 0.642. The fourth-order valence-corrected chi connectivity index (χ4v) is 3.00. The quantitative estimate of drug-likeness (QED) is 0.889. The summed E-state index contributed by atoms with van der Waals surface area (Å²) in [6.07, 6.45) is 4.56. The lowest BCUT2D eigenvalue weighted by atomic mass is 10.1. The van der Waals surface area contributed by atoms with Crippen LogP contribution < -0.4 is 5.32 Å². The molecule has 1 unspecified atom stereocenters. The van der Waals surface area contributed by atoms with Crippen molar-refractivity contribution < 1.29 is 0 Å². The fourth-order valence-electron chi connectivity index (χ4n) is 1.75. The molecule has 1 atom stereocenters. The lowest BCUT2D eigenvalue weighted by Gasteiger charge is -2.11. The van der Waals surface area contributed by atoms with Gasteiger partial charge >= 0.3 is 0 Å². The van der Waals surface area contributed by atoms with Gasteiger partial charge in [0.05, 0.1) is 18.8 Å². The van der Waals surface area contributed by atoms with Crippen molar-refractivity contribution in [2.45, 2.75) is 32.1 Å². The summed E-state index contributed by atoms with van der Waals surface area (Å²) in [5, 5.41) is 5.02. The van der Waals surface area contributed by atoms with Gasteiger partial charge in [-0.3, -0.25) is 4.99 Å². The van der Waals surface area contributed by atoms with Crippen LogP contribution in [0.3, 0.4) is 0 Å². The van der Waals surface area contributed by atoms with Crippen LogP contribution in [-0.2, 0) is 6.54 Å². The van der Waals surface area contributed by atoms with Gasteiger partial charge < -0.3 is 5.32 Å². The minimum atomic E-state index is 0.642. The zero-order valence-electron chi connectivity index (χ0n) is 10.3. The summed E-state index contributed by atoms with van der Waals surface area (Å²) in [5.74, 6) is 0.740. The Labute approximate surface area is 106 Å². The molecular weight excluding hydrogens is 232 g/mol. The van der Waals surface area contributed by atoms with E-state index in [9.17, 15) is 0 Å². The first-order valence-electron chi connectivity index (χ1n) is 5.94. The van der Waals surface area contributed by atoms with Gasteiger partial charge in [-0.05, 0) is 18.4 Å². The monoisotopic (exact) mass is 250 g/mol. The summed E-state index contributed by atoms with van der Waals surface area (Å²) in [7, 11) is 0. The van der Waals surface area contributed by atoms with Crippen LogP contribution in [0.1, 0.15) is 26.0 Å². The second-order valence-corrected chi connectivity index (χ2v) is 5.86. The van der Waals surface area contributed by atoms with Crippen molar-refractivity contribution in [2.75, 3.05) is 6.54 Å². The average Bonchev–Trinajstić information content (AvgIpc) is 2.75. The van der Waals surface area contributed by atoms with Gasteiger partial charge in [0.15, 0.2) is 5.17 Å². The number of nitrogens with one attached hydrogen (secondary N) is 1.